The molecule has 7 nitrogen and oxygen atoms in total. The molecule has 1 aromatic carbocycles. The van der Waals surface area contributed by atoms with Crippen LogP contribution in [0.1, 0.15) is 50.3 Å². The topological polar surface area (TPSA) is 98.6 Å². The summed E-state index contributed by atoms with van der Waals surface area (Å²) in [6, 6.07) is 8.43. The summed E-state index contributed by atoms with van der Waals surface area (Å²) in [7, 11) is 0. The summed E-state index contributed by atoms with van der Waals surface area (Å²) in [4.78, 5) is 17.6. The van der Waals surface area contributed by atoms with Crippen molar-refractivity contribution in [1.82, 2.24) is 14.4 Å². The third-order valence-electron chi connectivity index (χ3n) is 7.05. The lowest BCUT2D eigenvalue weighted by molar-refractivity contribution is -0.137. The Morgan fingerprint density at radius 1 is 1.23 bits per heavy atom. The Morgan fingerprint density at radius 3 is 2.77 bits per heavy atom. The van der Waals surface area contributed by atoms with E-state index in [0.717, 1.165) is 69.2 Å². The highest BCUT2D eigenvalue weighted by Crippen LogP contribution is 2.28. The molecule has 2 fully saturated rings. The van der Waals surface area contributed by atoms with Crippen LogP contribution < -0.4 is 5.73 Å². The number of aliphatic hydroxyl groups is 1. The summed E-state index contributed by atoms with van der Waals surface area (Å²) in [6.45, 7) is 5.48. The average molecular weight is 426 g/mol. The van der Waals surface area contributed by atoms with Crippen LogP contribution in [0, 0.1) is 5.41 Å². The van der Waals surface area contributed by atoms with Gasteiger partial charge in [-0.25, -0.2) is 0 Å². The quantitative estimate of drug-likeness (QED) is 0.446. The summed E-state index contributed by atoms with van der Waals surface area (Å²) in [5.74, 6) is 0.352. The van der Waals surface area contributed by atoms with Crippen molar-refractivity contribution < 1.29 is 9.90 Å². The maximum atomic E-state index is 13.3. The minimum atomic E-state index is -0.0557. The number of aliphatic hydroxyl groups excluding tert-OH is 1. The molecule has 3 heterocycles. The van der Waals surface area contributed by atoms with Crippen LogP contribution in [0.3, 0.4) is 0 Å². The molecular weight excluding hydrogens is 390 g/mol. The summed E-state index contributed by atoms with van der Waals surface area (Å²) in [6.07, 6.45) is 5.98. The number of rotatable bonds is 8. The number of amidine groups is 1. The zero-order valence-electron chi connectivity index (χ0n) is 18.5. The van der Waals surface area contributed by atoms with Crippen molar-refractivity contribution >= 4 is 22.6 Å². The molecule has 2 aliphatic rings. The van der Waals surface area contributed by atoms with Crippen LogP contribution in [0.4, 0.5) is 0 Å². The fourth-order valence-electron chi connectivity index (χ4n) is 5.49. The number of aryl methyl sites for hydroxylation is 2. The summed E-state index contributed by atoms with van der Waals surface area (Å²) in [5, 5.41) is 18.2. The van der Waals surface area contributed by atoms with E-state index in [-0.39, 0.29) is 24.4 Å². The number of nitrogens with two attached hydrogens (primary N) is 1. The highest BCUT2D eigenvalue weighted by atomic mass is 16.3. The summed E-state index contributed by atoms with van der Waals surface area (Å²) < 4.78 is 2.31. The molecule has 1 aromatic heterocycles. The highest BCUT2D eigenvalue weighted by molar-refractivity contribution is 5.98. The number of amides is 1. The zero-order valence-corrected chi connectivity index (χ0v) is 18.5. The molecule has 2 aliphatic heterocycles. The first-order valence-electron chi connectivity index (χ1n) is 11.7. The van der Waals surface area contributed by atoms with E-state index in [2.05, 4.69) is 27.4 Å². The number of likely N-dealkylation sites (tertiary alicyclic amines) is 2. The second kappa shape index (κ2) is 9.40. The van der Waals surface area contributed by atoms with Crippen LogP contribution >= 0.6 is 0 Å². The van der Waals surface area contributed by atoms with Gasteiger partial charge >= 0.3 is 0 Å². The number of benzene rings is 1. The van der Waals surface area contributed by atoms with E-state index >= 15 is 0 Å². The summed E-state index contributed by atoms with van der Waals surface area (Å²) in [5.41, 5.74) is 8.84. The van der Waals surface area contributed by atoms with Crippen molar-refractivity contribution in [2.24, 2.45) is 5.73 Å². The van der Waals surface area contributed by atoms with Crippen molar-refractivity contribution in [2.75, 3.05) is 26.2 Å². The normalized spacial score (nSPS) is 21.9. The van der Waals surface area contributed by atoms with Crippen LogP contribution in [0.15, 0.2) is 24.3 Å². The van der Waals surface area contributed by atoms with E-state index in [1.165, 1.54) is 11.1 Å². The number of nitrogens with zero attached hydrogens (tertiary/aromatic N) is 3. The van der Waals surface area contributed by atoms with Crippen LogP contribution in [-0.2, 0) is 17.8 Å². The Hall–Kier alpha value is -2.38. The van der Waals surface area contributed by atoms with E-state index in [1.807, 2.05) is 18.2 Å². The Labute approximate surface area is 184 Å². The largest absolute Gasteiger partial charge is 0.395 e. The predicted octanol–water partition coefficient (Wildman–Crippen LogP) is 2.33. The first-order chi connectivity index (χ1) is 15.0. The molecule has 4 rings (SSSR count). The first kappa shape index (κ1) is 21.8. The van der Waals surface area contributed by atoms with Gasteiger partial charge in [0.1, 0.15) is 5.84 Å². The Morgan fingerprint density at radius 2 is 2.03 bits per heavy atom. The maximum absolute atomic E-state index is 13.3. The smallest absolute Gasteiger partial charge is 0.240 e. The van der Waals surface area contributed by atoms with Crippen LogP contribution in [0.25, 0.3) is 10.9 Å². The van der Waals surface area contributed by atoms with Crippen LogP contribution in [0.5, 0.6) is 0 Å². The van der Waals surface area contributed by atoms with Crippen molar-refractivity contribution in [3.63, 3.8) is 0 Å². The first-order valence-corrected chi connectivity index (χ1v) is 11.7. The van der Waals surface area contributed by atoms with E-state index in [0.29, 0.717) is 12.6 Å². The lowest BCUT2D eigenvalue weighted by Gasteiger charge is -2.31. The molecule has 31 heavy (non-hydrogen) atoms. The number of carbonyl (C=O) groups is 1. The molecule has 2 aromatic rings. The molecule has 2 saturated heterocycles. The average Bonchev–Trinajstić information content (AvgIpc) is 3.49. The van der Waals surface area contributed by atoms with Crippen LogP contribution in [0.2, 0.25) is 0 Å². The molecule has 0 bridgehead atoms. The van der Waals surface area contributed by atoms with Crippen molar-refractivity contribution in [1.29, 1.82) is 5.41 Å². The summed E-state index contributed by atoms with van der Waals surface area (Å²) >= 11 is 0. The molecule has 4 N–H and O–H groups in total. The van der Waals surface area contributed by atoms with Gasteiger partial charge in [0.05, 0.1) is 12.6 Å². The molecule has 2 atom stereocenters. The minimum Gasteiger partial charge on any atom is -0.395 e. The van der Waals surface area contributed by atoms with Gasteiger partial charge in [-0.15, -0.1) is 0 Å². The molecule has 0 saturated carbocycles. The second-order valence-electron chi connectivity index (χ2n) is 8.85. The van der Waals surface area contributed by atoms with E-state index < -0.39 is 0 Å². The Kier molecular flexibility index (Phi) is 6.62. The van der Waals surface area contributed by atoms with Gasteiger partial charge in [-0.1, -0.05) is 12.1 Å². The highest BCUT2D eigenvalue weighted by Gasteiger charge is 2.37. The lowest BCUT2D eigenvalue weighted by atomic mass is 10.1. The number of fused-ring (bicyclic) bond motifs is 1. The Balaban J connectivity index is 1.47. The van der Waals surface area contributed by atoms with Gasteiger partial charge < -0.3 is 20.3 Å². The molecule has 0 spiro atoms. The van der Waals surface area contributed by atoms with Gasteiger partial charge in [-0.3, -0.25) is 15.1 Å². The molecule has 0 radical (unpaired) electrons. The predicted molar refractivity (Wildman–Crippen MR) is 123 cm³/mol. The minimum absolute atomic E-state index is 0.0557. The van der Waals surface area contributed by atoms with Crippen molar-refractivity contribution in [2.45, 2.75) is 64.1 Å². The third kappa shape index (κ3) is 4.34. The molecule has 0 aliphatic carbocycles. The fraction of sp³-hybridized carbons (Fsp3) is 0.583. The lowest BCUT2D eigenvalue weighted by Crippen LogP contribution is -2.48. The standard InChI is InChI=1S/C24H35N5O2/c1-2-28-20(15-17-7-8-18(23(25)26)16-22(17)28)10-9-19-5-3-12-29(19)24(31)21-6-4-11-27(21)13-14-30/h7-8,15-16,19,21,30H,2-6,9-14H2,1H3,(H3,25,26). The molecule has 1 amide bonds. The van der Waals surface area contributed by atoms with Crippen molar-refractivity contribution in [3.8, 4) is 0 Å². The fourth-order valence-corrected chi connectivity index (χ4v) is 5.49. The molecule has 7 heteroatoms. The molecular formula is C24H35N5O2. The number of hydrogen-bond acceptors (Lipinski definition) is 4. The van der Waals surface area contributed by atoms with Gasteiger partial charge in [0, 0.05) is 42.5 Å². The second-order valence-corrected chi connectivity index (χ2v) is 8.85. The van der Waals surface area contributed by atoms with Gasteiger partial charge in [0.25, 0.3) is 0 Å². The maximum Gasteiger partial charge on any atom is 0.240 e. The van der Waals surface area contributed by atoms with Gasteiger partial charge in [0.2, 0.25) is 5.91 Å². The number of nitrogens with one attached hydrogen (secondary N) is 1. The molecule has 2 unspecified atom stereocenters. The van der Waals surface area contributed by atoms with E-state index in [9.17, 15) is 9.90 Å². The third-order valence-corrected chi connectivity index (χ3v) is 7.05. The number of aromatic nitrogens is 1. The SMILES string of the molecule is CCn1c(CCC2CCCN2C(=O)C2CCCN2CCO)cc2ccc(C(=N)N)cc21. The van der Waals surface area contributed by atoms with Gasteiger partial charge in [-0.2, -0.15) is 0 Å². The molecule has 168 valence electrons. The number of nitrogen functional groups attached to an aromatic ring is 1. The van der Waals surface area contributed by atoms with Gasteiger partial charge in [0.15, 0.2) is 0 Å². The Bertz CT molecular complexity index is 953. The number of hydrogen-bond donors (Lipinski definition) is 3. The van der Waals surface area contributed by atoms with E-state index in [4.69, 9.17) is 11.1 Å². The number of β-amino-alcohol motifs (C(OH)–C–C–N with tert-alkyl or cyclic N) is 1. The van der Waals surface area contributed by atoms with Crippen LogP contribution in [-0.4, -0.2) is 69.5 Å². The van der Waals surface area contributed by atoms with Crippen molar-refractivity contribution in [3.05, 3.63) is 35.5 Å². The monoisotopic (exact) mass is 425 g/mol. The number of carbonyl (C=O) groups excluding carboxylic acids is 1. The zero-order chi connectivity index (χ0) is 22.0. The van der Waals surface area contributed by atoms with E-state index in [1.54, 1.807) is 0 Å². The van der Waals surface area contributed by atoms with Gasteiger partial charge in [-0.05, 0) is 69.5 Å².